The van der Waals surface area contributed by atoms with Crippen molar-refractivity contribution in [1.82, 2.24) is 0 Å². The van der Waals surface area contributed by atoms with Crippen LogP contribution >= 0.6 is 16.8 Å². The molecule has 4 rings (SSSR count). The van der Waals surface area contributed by atoms with Gasteiger partial charge in [-0.25, -0.2) is 0 Å². The first-order chi connectivity index (χ1) is 13.4. The average molecular weight is 482 g/mol. The Balaban J connectivity index is 0.00000102. The van der Waals surface area contributed by atoms with Gasteiger partial charge in [0.05, 0.1) is 0 Å². The second-order valence-corrected chi connectivity index (χ2v) is 10.0. The fourth-order valence-corrected chi connectivity index (χ4v) is 8.52. The number of benzene rings is 4. The van der Waals surface area contributed by atoms with Gasteiger partial charge in [-0.05, 0) is 0 Å². The van der Waals surface area contributed by atoms with E-state index < -0.39 is 7.26 Å². The van der Waals surface area contributed by atoms with Crippen molar-refractivity contribution in [3.63, 3.8) is 0 Å². The molecular formula is C24H21ClPPd. The van der Waals surface area contributed by atoms with Crippen molar-refractivity contribution in [2.75, 3.05) is 0 Å². The van der Waals surface area contributed by atoms with Gasteiger partial charge in [0.1, 0.15) is 0 Å². The minimum absolute atomic E-state index is 1.42. The SMILES string of the molecule is [Cl][Pd].c1ccc([PH](c2ccccc2)(c2ccccc2)c2ccccc2)cc1. The molecule has 0 aliphatic rings. The van der Waals surface area contributed by atoms with Gasteiger partial charge in [-0.3, -0.25) is 0 Å². The molecule has 0 aliphatic heterocycles. The Morgan fingerprint density at radius 3 is 0.741 bits per heavy atom. The topological polar surface area (TPSA) is 0 Å². The molecule has 0 saturated heterocycles. The first-order valence-corrected chi connectivity index (χ1v) is 12.8. The first kappa shape index (κ1) is 20.0. The van der Waals surface area contributed by atoms with Crippen molar-refractivity contribution in [3.8, 4) is 0 Å². The van der Waals surface area contributed by atoms with Crippen LogP contribution in [0.4, 0.5) is 0 Å². The van der Waals surface area contributed by atoms with E-state index in [-0.39, 0.29) is 0 Å². The summed E-state index contributed by atoms with van der Waals surface area (Å²) in [5, 5.41) is 5.66. The summed E-state index contributed by atoms with van der Waals surface area (Å²) in [4.78, 5) is 0. The maximum absolute atomic E-state index is 4.49. The molecule has 0 N–H and O–H groups in total. The summed E-state index contributed by atoms with van der Waals surface area (Å²) < 4.78 is 0. The molecule has 139 valence electrons. The van der Waals surface area contributed by atoms with Crippen LogP contribution in [-0.2, 0) is 18.2 Å². The summed E-state index contributed by atoms with van der Waals surface area (Å²) in [6.07, 6.45) is 0. The van der Waals surface area contributed by atoms with Crippen molar-refractivity contribution in [1.29, 1.82) is 0 Å². The molecule has 0 heterocycles. The molecule has 0 atom stereocenters. The van der Waals surface area contributed by atoms with Crippen LogP contribution in [0, 0.1) is 0 Å². The summed E-state index contributed by atoms with van der Waals surface area (Å²) in [5.74, 6) is 0. The van der Waals surface area contributed by atoms with E-state index in [1.165, 1.54) is 21.2 Å². The minimum atomic E-state index is -2.30. The number of hydrogen-bond donors (Lipinski definition) is 0. The third-order valence-corrected chi connectivity index (χ3v) is 9.62. The molecule has 0 aliphatic carbocycles. The number of hydrogen-bond acceptors (Lipinski definition) is 0. The van der Waals surface area contributed by atoms with Gasteiger partial charge < -0.3 is 0 Å². The van der Waals surface area contributed by atoms with Crippen LogP contribution in [0.15, 0.2) is 121 Å². The number of halogens is 1. The van der Waals surface area contributed by atoms with Gasteiger partial charge in [0, 0.05) is 0 Å². The van der Waals surface area contributed by atoms with Crippen LogP contribution in [-0.4, -0.2) is 0 Å². The van der Waals surface area contributed by atoms with E-state index >= 15 is 0 Å². The van der Waals surface area contributed by atoms with Gasteiger partial charge in [-0.15, -0.1) is 0 Å². The molecule has 0 unspecified atom stereocenters. The van der Waals surface area contributed by atoms with Crippen molar-refractivity contribution in [3.05, 3.63) is 121 Å². The van der Waals surface area contributed by atoms with Crippen molar-refractivity contribution < 1.29 is 18.2 Å². The molecule has 4 aromatic carbocycles. The molecule has 0 fully saturated rings. The Bertz CT molecular complexity index is 765. The average Bonchev–Trinajstić information content (AvgIpc) is 2.79. The Labute approximate surface area is 176 Å². The Kier molecular flexibility index (Phi) is 7.40. The van der Waals surface area contributed by atoms with E-state index in [0.717, 1.165) is 0 Å². The molecule has 0 nitrogen and oxygen atoms in total. The van der Waals surface area contributed by atoms with Gasteiger partial charge in [0.25, 0.3) is 0 Å². The second-order valence-electron chi connectivity index (χ2n) is 6.21. The van der Waals surface area contributed by atoms with Crippen LogP contribution in [0.1, 0.15) is 0 Å². The maximum atomic E-state index is 4.49. The molecule has 0 radical (unpaired) electrons. The van der Waals surface area contributed by atoms with Crippen LogP contribution in [0.2, 0.25) is 0 Å². The molecule has 4 aromatic rings. The van der Waals surface area contributed by atoms with Crippen molar-refractivity contribution in [2.24, 2.45) is 0 Å². The Morgan fingerprint density at radius 2 is 0.556 bits per heavy atom. The summed E-state index contributed by atoms with van der Waals surface area (Å²) in [7, 11) is 2.19. The van der Waals surface area contributed by atoms with E-state index in [1.807, 2.05) is 0 Å². The molecular weight excluding hydrogens is 461 g/mol. The quantitative estimate of drug-likeness (QED) is 0.292. The summed E-state index contributed by atoms with van der Waals surface area (Å²) in [6.45, 7) is 0. The summed E-state index contributed by atoms with van der Waals surface area (Å²) in [5.41, 5.74) is 0. The van der Waals surface area contributed by atoms with Crippen molar-refractivity contribution >= 4 is 38.0 Å². The molecule has 0 saturated carbocycles. The molecule has 27 heavy (non-hydrogen) atoms. The summed E-state index contributed by atoms with van der Waals surface area (Å²) in [6, 6.07) is 44.0. The first-order valence-electron chi connectivity index (χ1n) is 8.76. The third kappa shape index (κ3) is 4.08. The van der Waals surface area contributed by atoms with E-state index in [1.54, 1.807) is 0 Å². The fourth-order valence-electron chi connectivity index (χ4n) is 3.75. The number of rotatable bonds is 4. The summed E-state index contributed by atoms with van der Waals surface area (Å²) >= 11 is 2.22. The normalized spacial score (nSPS) is 11.2. The van der Waals surface area contributed by atoms with Gasteiger partial charge in [-0.2, -0.15) is 0 Å². The van der Waals surface area contributed by atoms with Gasteiger partial charge >= 0.3 is 178 Å². The predicted octanol–water partition coefficient (Wildman–Crippen LogP) is 4.73. The van der Waals surface area contributed by atoms with Crippen LogP contribution < -0.4 is 21.2 Å². The van der Waals surface area contributed by atoms with Gasteiger partial charge in [0.15, 0.2) is 0 Å². The van der Waals surface area contributed by atoms with Crippen LogP contribution in [0.5, 0.6) is 0 Å². The van der Waals surface area contributed by atoms with E-state index in [0.29, 0.717) is 0 Å². The fraction of sp³-hybridized carbons (Fsp3) is 0. The zero-order valence-electron chi connectivity index (χ0n) is 14.7. The van der Waals surface area contributed by atoms with Crippen LogP contribution in [0.25, 0.3) is 0 Å². The van der Waals surface area contributed by atoms with Crippen LogP contribution in [0.3, 0.4) is 0 Å². The van der Waals surface area contributed by atoms with Crippen molar-refractivity contribution in [2.45, 2.75) is 0 Å². The molecule has 0 bridgehead atoms. The molecule has 0 spiro atoms. The zero-order valence-corrected chi connectivity index (χ0v) is 18.1. The van der Waals surface area contributed by atoms with Gasteiger partial charge in [-0.1, -0.05) is 0 Å². The zero-order chi connectivity index (χ0) is 19.0. The molecule has 0 amide bonds. The van der Waals surface area contributed by atoms with E-state index in [9.17, 15) is 0 Å². The van der Waals surface area contributed by atoms with Gasteiger partial charge in [0.2, 0.25) is 0 Å². The molecule has 0 aromatic heterocycles. The Hall–Kier alpha value is -1.74. The third-order valence-electron chi connectivity index (χ3n) is 4.83. The standard InChI is InChI=1S/C24H21P.ClH.Pd/c1-5-13-21(14-6-1)25(22-15-7-2-8-16-22,23-17-9-3-10-18-23)24-19-11-4-12-20-24;;/h1-20,25H;1H;/q;;+1/p-1. The van der Waals surface area contributed by atoms with E-state index in [2.05, 4.69) is 149 Å². The second kappa shape index (κ2) is 9.98. The predicted molar refractivity (Wildman–Crippen MR) is 118 cm³/mol. The monoisotopic (exact) mass is 481 g/mol. The Morgan fingerprint density at radius 1 is 0.370 bits per heavy atom. The van der Waals surface area contributed by atoms with E-state index in [4.69, 9.17) is 0 Å². The molecule has 3 heteroatoms.